The van der Waals surface area contributed by atoms with Crippen LogP contribution in [0, 0.1) is 5.92 Å². The number of nitrogens with zero attached hydrogens (tertiary/aromatic N) is 1. The molecule has 0 N–H and O–H groups in total. The monoisotopic (exact) mass is 396 g/mol. The van der Waals surface area contributed by atoms with Crippen LogP contribution in [-0.2, 0) is 5.54 Å². The number of alkyl halides is 2. The summed E-state index contributed by atoms with van der Waals surface area (Å²) in [5, 5.41) is 0. The normalized spacial score (nSPS) is 25.4. The third kappa shape index (κ3) is 3.70. The summed E-state index contributed by atoms with van der Waals surface area (Å²) < 4.78 is 2.47. The van der Waals surface area contributed by atoms with Crippen molar-refractivity contribution in [2.45, 2.75) is 43.6 Å². The van der Waals surface area contributed by atoms with Crippen molar-refractivity contribution < 1.29 is 21.2 Å². The maximum absolute atomic E-state index is 2.63. The molecular formula is C19H27IN-. The van der Waals surface area contributed by atoms with Gasteiger partial charge in [-0.3, -0.25) is 0 Å². The van der Waals surface area contributed by atoms with Gasteiger partial charge in [-0.05, 0) is 0 Å². The molecule has 2 heteroatoms. The Labute approximate surface area is 140 Å². The molecule has 21 heavy (non-hydrogen) atoms. The van der Waals surface area contributed by atoms with Crippen molar-refractivity contribution in [2.75, 3.05) is 17.5 Å². The minimum atomic E-state index is 0.211. The molecular weight excluding hydrogens is 369 g/mol. The van der Waals surface area contributed by atoms with Crippen molar-refractivity contribution in [1.82, 2.24) is 4.90 Å². The molecule has 2 fully saturated rings. The molecule has 3 unspecified atom stereocenters. The van der Waals surface area contributed by atoms with E-state index in [1.165, 1.54) is 35.1 Å². The molecule has 1 nitrogen and oxygen atoms in total. The molecule has 1 aromatic rings. The summed E-state index contributed by atoms with van der Waals surface area (Å²) in [6.45, 7) is 11.7. The van der Waals surface area contributed by atoms with Gasteiger partial charge < -0.3 is 0 Å². The van der Waals surface area contributed by atoms with Crippen LogP contribution in [0.2, 0.25) is 0 Å². The van der Waals surface area contributed by atoms with Gasteiger partial charge in [0.2, 0.25) is 0 Å². The van der Waals surface area contributed by atoms with E-state index in [4.69, 9.17) is 0 Å². The SMILES string of the molecule is CC(C)=CC(C)CC(C)(c1ccc(C2C[I-]2)cc1)N1CC1. The minimum absolute atomic E-state index is 0.211. The van der Waals surface area contributed by atoms with Crippen molar-refractivity contribution in [3.63, 3.8) is 0 Å². The van der Waals surface area contributed by atoms with Crippen LogP contribution >= 0.6 is 0 Å². The Bertz CT molecular complexity index is 521. The third-order valence-corrected chi connectivity index (χ3v) is 7.17. The molecule has 2 aliphatic heterocycles. The predicted octanol–water partition coefficient (Wildman–Crippen LogP) is 1.35. The third-order valence-electron chi connectivity index (χ3n) is 4.69. The fourth-order valence-electron chi connectivity index (χ4n) is 3.50. The van der Waals surface area contributed by atoms with Gasteiger partial charge in [-0.1, -0.05) is 0 Å². The van der Waals surface area contributed by atoms with Gasteiger partial charge in [-0.2, -0.15) is 0 Å². The average Bonchev–Trinajstić information content (AvgIpc) is 3.29. The van der Waals surface area contributed by atoms with E-state index in [-0.39, 0.29) is 5.54 Å². The van der Waals surface area contributed by atoms with Crippen LogP contribution in [0.15, 0.2) is 35.9 Å². The second-order valence-corrected chi connectivity index (χ2v) is 10.3. The van der Waals surface area contributed by atoms with Crippen molar-refractivity contribution >= 4 is 0 Å². The van der Waals surface area contributed by atoms with E-state index in [0.717, 1.165) is 3.92 Å². The van der Waals surface area contributed by atoms with E-state index in [1.54, 1.807) is 5.56 Å². The first-order valence-electron chi connectivity index (χ1n) is 8.07. The van der Waals surface area contributed by atoms with Crippen molar-refractivity contribution in [3.05, 3.63) is 47.0 Å². The van der Waals surface area contributed by atoms with Crippen LogP contribution in [-0.4, -0.2) is 22.4 Å². The quantitative estimate of drug-likeness (QED) is 0.304. The summed E-state index contributed by atoms with van der Waals surface area (Å²) in [4.78, 5) is 2.63. The zero-order valence-electron chi connectivity index (χ0n) is 13.7. The molecule has 2 heterocycles. The Kier molecular flexibility index (Phi) is 4.47. The van der Waals surface area contributed by atoms with E-state index in [2.05, 4.69) is 62.9 Å². The molecule has 0 saturated carbocycles. The number of hydrogen-bond acceptors (Lipinski definition) is 1. The molecule has 0 aliphatic carbocycles. The van der Waals surface area contributed by atoms with E-state index in [9.17, 15) is 0 Å². The Morgan fingerprint density at radius 1 is 1.33 bits per heavy atom. The average molecular weight is 396 g/mol. The molecule has 2 aliphatic rings. The predicted molar refractivity (Wildman–Crippen MR) is 86.2 cm³/mol. The summed E-state index contributed by atoms with van der Waals surface area (Å²) in [6.07, 6.45) is 3.64. The molecule has 0 bridgehead atoms. The molecule has 1 aromatic carbocycles. The second-order valence-electron chi connectivity index (χ2n) is 7.08. The summed E-state index contributed by atoms with van der Waals surface area (Å²) in [7, 11) is 0. The van der Waals surface area contributed by atoms with Gasteiger partial charge >= 0.3 is 140 Å². The fraction of sp³-hybridized carbons (Fsp3) is 0.579. The van der Waals surface area contributed by atoms with E-state index < -0.39 is 0 Å². The van der Waals surface area contributed by atoms with Gasteiger partial charge in [-0.25, -0.2) is 0 Å². The van der Waals surface area contributed by atoms with Crippen molar-refractivity contribution in [1.29, 1.82) is 0 Å². The van der Waals surface area contributed by atoms with Crippen LogP contribution in [0.1, 0.15) is 49.2 Å². The molecule has 0 spiro atoms. The van der Waals surface area contributed by atoms with Gasteiger partial charge in [0.15, 0.2) is 0 Å². The molecule has 0 aromatic heterocycles. The maximum atomic E-state index is 2.63. The van der Waals surface area contributed by atoms with Crippen LogP contribution in [0.4, 0.5) is 0 Å². The molecule has 0 radical (unpaired) electrons. The van der Waals surface area contributed by atoms with Crippen molar-refractivity contribution in [3.8, 4) is 0 Å². The van der Waals surface area contributed by atoms with Crippen LogP contribution in [0.3, 0.4) is 0 Å². The van der Waals surface area contributed by atoms with E-state index >= 15 is 0 Å². The first-order chi connectivity index (χ1) is 9.99. The topological polar surface area (TPSA) is 3.01 Å². The Morgan fingerprint density at radius 3 is 2.43 bits per heavy atom. The van der Waals surface area contributed by atoms with Crippen LogP contribution in [0.25, 0.3) is 0 Å². The number of allylic oxidation sites excluding steroid dienone is 2. The molecule has 116 valence electrons. The summed E-state index contributed by atoms with van der Waals surface area (Å²) in [5.41, 5.74) is 4.75. The van der Waals surface area contributed by atoms with Gasteiger partial charge in [0.25, 0.3) is 0 Å². The number of rotatable bonds is 6. The van der Waals surface area contributed by atoms with Crippen molar-refractivity contribution in [2.24, 2.45) is 5.92 Å². The number of halogens is 1. The first-order valence-corrected chi connectivity index (χ1v) is 10.8. The summed E-state index contributed by atoms with van der Waals surface area (Å²) in [5.74, 6) is 0.634. The number of hydrogen-bond donors (Lipinski definition) is 0. The summed E-state index contributed by atoms with van der Waals surface area (Å²) >= 11 is 0.513. The molecule has 2 saturated heterocycles. The molecule has 3 atom stereocenters. The molecule has 0 amide bonds. The van der Waals surface area contributed by atoms with E-state index in [0.29, 0.717) is 27.1 Å². The Hall–Kier alpha value is -0.350. The zero-order chi connectivity index (χ0) is 15.0. The molecule has 3 rings (SSSR count). The Morgan fingerprint density at radius 2 is 1.95 bits per heavy atom. The van der Waals surface area contributed by atoms with Crippen LogP contribution in [0.5, 0.6) is 0 Å². The first kappa shape index (κ1) is 15.5. The standard InChI is InChI=1S/C19H27IN/c1-14(2)11-15(3)12-19(4,21-9-10-21)17-7-5-16(6-8-17)18-13-20-18/h5-8,11,15,18H,9-10,12-13H2,1-4H3/q-1. The van der Waals surface area contributed by atoms with Crippen LogP contribution < -0.4 is 21.2 Å². The van der Waals surface area contributed by atoms with Gasteiger partial charge in [-0.15, -0.1) is 0 Å². The van der Waals surface area contributed by atoms with Gasteiger partial charge in [0, 0.05) is 0 Å². The summed E-state index contributed by atoms with van der Waals surface area (Å²) in [6, 6.07) is 9.62. The van der Waals surface area contributed by atoms with E-state index in [1.807, 2.05) is 0 Å². The number of benzene rings is 1. The Balaban J connectivity index is 1.80. The zero-order valence-corrected chi connectivity index (χ0v) is 15.9. The van der Waals surface area contributed by atoms with Gasteiger partial charge in [0.05, 0.1) is 0 Å². The second kappa shape index (κ2) is 6.04. The fourth-order valence-corrected chi connectivity index (χ4v) is 5.19. The van der Waals surface area contributed by atoms with Gasteiger partial charge in [0.1, 0.15) is 0 Å².